The summed E-state index contributed by atoms with van der Waals surface area (Å²) in [5, 5.41) is 19.7. The van der Waals surface area contributed by atoms with Crippen LogP contribution < -0.4 is 4.90 Å². The van der Waals surface area contributed by atoms with E-state index in [4.69, 9.17) is 5.11 Å². The number of hydrogen-bond acceptors (Lipinski definition) is 5. The Labute approximate surface area is 117 Å². The molecule has 1 heterocycles. The van der Waals surface area contributed by atoms with E-state index in [0.717, 1.165) is 4.90 Å². The number of halogens is 3. The van der Waals surface area contributed by atoms with Gasteiger partial charge in [0.05, 0.1) is 4.92 Å². The third-order valence-corrected chi connectivity index (χ3v) is 2.51. The fraction of sp³-hybridized carbons (Fsp3) is 0.455. The average molecular weight is 307 g/mol. The molecule has 0 amide bonds. The molecule has 0 aliphatic rings. The lowest BCUT2D eigenvalue weighted by Gasteiger charge is -2.22. The Kier molecular flexibility index (Phi) is 5.06. The predicted molar refractivity (Wildman–Crippen MR) is 66.0 cm³/mol. The number of nitrogens with zero attached hydrogens (tertiary/aromatic N) is 3. The second-order valence-corrected chi connectivity index (χ2v) is 4.13. The molecule has 0 aliphatic heterocycles. The molecule has 0 atom stereocenters. The normalized spacial score (nSPS) is 11.2. The molecule has 0 aliphatic carbocycles. The van der Waals surface area contributed by atoms with E-state index in [9.17, 15) is 28.1 Å². The highest BCUT2D eigenvalue weighted by atomic mass is 19.4. The summed E-state index contributed by atoms with van der Waals surface area (Å²) in [5.41, 5.74) is -2.39. The first kappa shape index (κ1) is 16.7. The lowest BCUT2D eigenvalue weighted by atomic mass is 10.2. The van der Waals surface area contributed by atoms with Gasteiger partial charge < -0.3 is 10.0 Å². The fourth-order valence-electron chi connectivity index (χ4n) is 1.70. The van der Waals surface area contributed by atoms with Gasteiger partial charge in [0, 0.05) is 6.54 Å². The predicted octanol–water partition coefficient (Wildman–Crippen LogP) is 2.31. The highest BCUT2D eigenvalue weighted by molar-refractivity contribution is 5.76. The first-order chi connectivity index (χ1) is 9.66. The van der Waals surface area contributed by atoms with Gasteiger partial charge in [0.2, 0.25) is 0 Å². The average Bonchev–Trinajstić information content (AvgIpc) is 2.35. The Morgan fingerprint density at radius 1 is 1.52 bits per heavy atom. The molecular formula is C11H12F3N3O4. The van der Waals surface area contributed by atoms with Crippen LogP contribution in [0.4, 0.5) is 24.5 Å². The minimum atomic E-state index is -4.77. The number of carbonyl (C=O) groups is 1. The van der Waals surface area contributed by atoms with E-state index in [-0.39, 0.29) is 6.54 Å². The summed E-state index contributed by atoms with van der Waals surface area (Å²) in [7, 11) is 0. The van der Waals surface area contributed by atoms with Crippen molar-refractivity contribution in [3.8, 4) is 0 Å². The van der Waals surface area contributed by atoms with Crippen molar-refractivity contribution in [1.82, 2.24) is 4.98 Å². The van der Waals surface area contributed by atoms with Crippen molar-refractivity contribution in [2.24, 2.45) is 0 Å². The van der Waals surface area contributed by atoms with Crippen LogP contribution in [0.3, 0.4) is 0 Å². The smallest absolute Gasteiger partial charge is 0.433 e. The first-order valence-electron chi connectivity index (χ1n) is 5.85. The van der Waals surface area contributed by atoms with Crippen molar-refractivity contribution in [2.45, 2.75) is 19.5 Å². The molecule has 21 heavy (non-hydrogen) atoms. The van der Waals surface area contributed by atoms with Gasteiger partial charge in [0.25, 0.3) is 0 Å². The van der Waals surface area contributed by atoms with E-state index in [1.54, 1.807) is 6.92 Å². The van der Waals surface area contributed by atoms with Gasteiger partial charge in [0.1, 0.15) is 24.1 Å². The quantitative estimate of drug-likeness (QED) is 0.640. The van der Waals surface area contributed by atoms with Crippen LogP contribution in [-0.4, -0.2) is 34.1 Å². The summed E-state index contributed by atoms with van der Waals surface area (Å²) in [6.45, 7) is 1.09. The SMILES string of the molecule is CCCN(CC(=O)O)c1cc(C(F)(F)F)ncc1[N+](=O)[O-]. The Morgan fingerprint density at radius 2 is 2.14 bits per heavy atom. The van der Waals surface area contributed by atoms with E-state index in [1.165, 1.54) is 0 Å². The van der Waals surface area contributed by atoms with Gasteiger partial charge in [0.15, 0.2) is 0 Å². The topological polar surface area (TPSA) is 96.6 Å². The summed E-state index contributed by atoms with van der Waals surface area (Å²) in [4.78, 5) is 24.8. The molecule has 10 heteroatoms. The second kappa shape index (κ2) is 6.37. The molecule has 0 saturated heterocycles. The van der Waals surface area contributed by atoms with Crippen LogP contribution in [0, 0.1) is 10.1 Å². The first-order valence-corrected chi connectivity index (χ1v) is 5.85. The van der Waals surface area contributed by atoms with Gasteiger partial charge in [-0.1, -0.05) is 6.92 Å². The Hall–Kier alpha value is -2.39. The number of aromatic nitrogens is 1. The van der Waals surface area contributed by atoms with Crippen LogP contribution >= 0.6 is 0 Å². The zero-order chi connectivity index (χ0) is 16.2. The number of carboxylic acid groups (broad SMARTS) is 1. The second-order valence-electron chi connectivity index (χ2n) is 4.13. The molecular weight excluding hydrogens is 295 g/mol. The standard InChI is InChI=1S/C11H12F3N3O4/c1-2-3-16(6-10(18)19)7-4-9(11(12,13)14)15-5-8(7)17(20)21/h4-5H,2-3,6H2,1H3,(H,18,19). The number of rotatable bonds is 6. The Balaban J connectivity index is 3.38. The number of carboxylic acids is 1. The molecule has 0 radical (unpaired) electrons. The van der Waals surface area contributed by atoms with E-state index < -0.39 is 40.7 Å². The Bertz CT molecular complexity index is 548. The zero-order valence-electron chi connectivity index (χ0n) is 10.9. The number of aliphatic carboxylic acids is 1. The van der Waals surface area contributed by atoms with Crippen molar-refractivity contribution in [2.75, 3.05) is 18.0 Å². The third kappa shape index (κ3) is 4.29. The highest BCUT2D eigenvalue weighted by Crippen LogP contribution is 2.34. The van der Waals surface area contributed by atoms with Crippen molar-refractivity contribution in [3.05, 3.63) is 28.1 Å². The molecule has 0 aromatic carbocycles. The van der Waals surface area contributed by atoms with Gasteiger partial charge in [-0.3, -0.25) is 14.9 Å². The van der Waals surface area contributed by atoms with Crippen molar-refractivity contribution in [1.29, 1.82) is 0 Å². The monoisotopic (exact) mass is 307 g/mol. The largest absolute Gasteiger partial charge is 0.480 e. The maximum atomic E-state index is 12.6. The van der Waals surface area contributed by atoms with Gasteiger partial charge in [-0.25, -0.2) is 4.98 Å². The summed E-state index contributed by atoms with van der Waals surface area (Å²) in [6.07, 6.45) is -3.87. The Morgan fingerprint density at radius 3 is 2.57 bits per heavy atom. The maximum absolute atomic E-state index is 12.6. The van der Waals surface area contributed by atoms with Gasteiger partial charge in [-0.2, -0.15) is 13.2 Å². The lowest BCUT2D eigenvalue weighted by molar-refractivity contribution is -0.384. The minimum Gasteiger partial charge on any atom is -0.480 e. The molecule has 1 N–H and O–H groups in total. The molecule has 1 rings (SSSR count). The highest BCUT2D eigenvalue weighted by Gasteiger charge is 2.35. The van der Waals surface area contributed by atoms with E-state index in [0.29, 0.717) is 18.7 Å². The van der Waals surface area contributed by atoms with Crippen LogP contribution in [0.2, 0.25) is 0 Å². The zero-order valence-corrected chi connectivity index (χ0v) is 10.9. The molecule has 0 unspecified atom stereocenters. The van der Waals surface area contributed by atoms with Crippen LogP contribution in [0.15, 0.2) is 12.3 Å². The van der Waals surface area contributed by atoms with Gasteiger partial charge in [-0.05, 0) is 12.5 Å². The molecule has 116 valence electrons. The summed E-state index contributed by atoms with van der Waals surface area (Å²) >= 11 is 0. The van der Waals surface area contributed by atoms with Crippen LogP contribution in [0.25, 0.3) is 0 Å². The molecule has 0 bridgehead atoms. The summed E-state index contributed by atoms with van der Waals surface area (Å²) < 4.78 is 37.9. The van der Waals surface area contributed by atoms with Crippen LogP contribution in [-0.2, 0) is 11.0 Å². The number of anilines is 1. The van der Waals surface area contributed by atoms with E-state index in [2.05, 4.69) is 4.98 Å². The number of pyridine rings is 1. The van der Waals surface area contributed by atoms with E-state index >= 15 is 0 Å². The van der Waals surface area contributed by atoms with Crippen molar-refractivity contribution >= 4 is 17.3 Å². The van der Waals surface area contributed by atoms with Crippen LogP contribution in [0.5, 0.6) is 0 Å². The summed E-state index contributed by atoms with van der Waals surface area (Å²) in [5.74, 6) is -1.30. The van der Waals surface area contributed by atoms with Crippen LogP contribution in [0.1, 0.15) is 19.0 Å². The number of hydrogen-bond donors (Lipinski definition) is 1. The molecule has 0 fully saturated rings. The molecule has 0 saturated carbocycles. The lowest BCUT2D eigenvalue weighted by Crippen LogP contribution is -2.31. The molecule has 1 aromatic rings. The summed E-state index contributed by atoms with van der Waals surface area (Å²) in [6, 6.07) is 0.497. The fourth-order valence-corrected chi connectivity index (χ4v) is 1.70. The minimum absolute atomic E-state index is 0.0639. The molecule has 1 aromatic heterocycles. The van der Waals surface area contributed by atoms with Crippen molar-refractivity contribution < 1.29 is 28.0 Å². The third-order valence-electron chi connectivity index (χ3n) is 2.51. The molecule has 7 nitrogen and oxygen atoms in total. The maximum Gasteiger partial charge on any atom is 0.433 e. The van der Waals surface area contributed by atoms with Crippen molar-refractivity contribution in [3.63, 3.8) is 0 Å². The number of nitro groups is 1. The number of alkyl halides is 3. The van der Waals surface area contributed by atoms with Gasteiger partial charge in [-0.15, -0.1) is 0 Å². The van der Waals surface area contributed by atoms with Gasteiger partial charge >= 0.3 is 17.8 Å². The van der Waals surface area contributed by atoms with E-state index in [1.807, 2.05) is 0 Å². The molecule has 0 spiro atoms.